The Morgan fingerprint density at radius 2 is 1.84 bits per heavy atom. The molecule has 5 rings (SSSR count). The monoisotopic (exact) mass is 476 g/mol. The van der Waals surface area contributed by atoms with Crippen molar-refractivity contribution in [2.45, 2.75) is 62.0 Å². The first-order valence-corrected chi connectivity index (χ1v) is 13.1. The Labute approximate surface area is 191 Å². The summed E-state index contributed by atoms with van der Waals surface area (Å²) in [7, 11) is -3.49. The third-order valence-electron chi connectivity index (χ3n) is 6.57. The second kappa shape index (κ2) is 8.56. The van der Waals surface area contributed by atoms with Gasteiger partial charge in [-0.1, -0.05) is 18.0 Å². The fourth-order valence-corrected chi connectivity index (χ4v) is 6.27. The van der Waals surface area contributed by atoms with Crippen molar-refractivity contribution in [2.75, 3.05) is 5.75 Å². The van der Waals surface area contributed by atoms with Crippen molar-refractivity contribution in [1.29, 1.82) is 0 Å². The van der Waals surface area contributed by atoms with E-state index in [9.17, 15) is 13.2 Å². The van der Waals surface area contributed by atoms with Gasteiger partial charge in [0.05, 0.1) is 5.75 Å². The minimum Gasteiger partial charge on any atom is -0.440 e. The molecule has 7 nitrogen and oxygen atoms in total. The number of halogens is 1. The largest absolute Gasteiger partial charge is 0.440 e. The number of rotatable bonds is 6. The highest BCUT2D eigenvalue weighted by molar-refractivity contribution is 7.91. The number of furan rings is 1. The van der Waals surface area contributed by atoms with Gasteiger partial charge in [0.1, 0.15) is 5.52 Å². The molecule has 2 saturated carbocycles. The SMILES string of the molecule is O=C(NC1CCC(c2nc3cc(Cl)ccc3o2)CC1)c1ccc(S(=O)(=O)CC2CCC2)o1. The lowest BCUT2D eigenvalue weighted by Crippen LogP contribution is -2.37. The lowest BCUT2D eigenvalue weighted by atomic mass is 9.86. The molecule has 9 heteroatoms. The quantitative estimate of drug-likeness (QED) is 0.530. The van der Waals surface area contributed by atoms with E-state index in [1.807, 2.05) is 6.07 Å². The number of hydrogen-bond acceptors (Lipinski definition) is 6. The number of sulfone groups is 1. The number of fused-ring (bicyclic) bond motifs is 1. The highest BCUT2D eigenvalue weighted by Crippen LogP contribution is 2.35. The predicted molar refractivity (Wildman–Crippen MR) is 120 cm³/mol. The number of carbonyl (C=O) groups excluding carboxylic acids is 1. The van der Waals surface area contributed by atoms with E-state index in [-0.39, 0.29) is 40.4 Å². The minimum atomic E-state index is -3.49. The number of oxazole rings is 1. The van der Waals surface area contributed by atoms with Crippen molar-refractivity contribution in [1.82, 2.24) is 10.3 Å². The van der Waals surface area contributed by atoms with Crippen molar-refractivity contribution >= 4 is 38.4 Å². The molecule has 0 aliphatic heterocycles. The molecular formula is C23H25ClN2O5S. The number of amides is 1. The highest BCUT2D eigenvalue weighted by Gasteiger charge is 2.30. The number of hydrogen-bond donors (Lipinski definition) is 1. The summed E-state index contributed by atoms with van der Waals surface area (Å²) in [4.78, 5) is 17.2. The van der Waals surface area contributed by atoms with Crippen LogP contribution in [0.3, 0.4) is 0 Å². The number of aromatic nitrogens is 1. The smallest absolute Gasteiger partial charge is 0.287 e. The zero-order valence-electron chi connectivity index (χ0n) is 17.6. The Bertz CT molecular complexity index is 1240. The van der Waals surface area contributed by atoms with Crippen LogP contribution >= 0.6 is 11.6 Å². The normalized spacial score (nSPS) is 22.0. The molecule has 1 amide bonds. The molecule has 0 saturated heterocycles. The maximum absolute atomic E-state index is 12.6. The zero-order chi connectivity index (χ0) is 22.3. The molecule has 0 radical (unpaired) electrons. The van der Waals surface area contributed by atoms with Gasteiger partial charge >= 0.3 is 0 Å². The van der Waals surface area contributed by atoms with Crippen molar-refractivity contribution in [2.24, 2.45) is 5.92 Å². The van der Waals surface area contributed by atoms with Gasteiger partial charge in [0.25, 0.3) is 5.91 Å². The Kier molecular flexibility index (Phi) is 5.75. The van der Waals surface area contributed by atoms with E-state index in [1.165, 1.54) is 12.1 Å². The Hall–Kier alpha value is -2.32. The molecule has 2 aliphatic carbocycles. The highest BCUT2D eigenvalue weighted by atomic mass is 35.5. The van der Waals surface area contributed by atoms with E-state index in [1.54, 1.807) is 12.1 Å². The summed E-state index contributed by atoms with van der Waals surface area (Å²) in [6, 6.07) is 8.23. The second-order valence-corrected chi connectivity index (χ2v) is 11.3. The third kappa shape index (κ3) is 4.43. The molecule has 0 atom stereocenters. The first-order chi connectivity index (χ1) is 15.4. The van der Waals surface area contributed by atoms with Crippen molar-refractivity contribution in [3.8, 4) is 0 Å². The van der Waals surface area contributed by atoms with Crippen molar-refractivity contribution in [3.63, 3.8) is 0 Å². The number of nitrogens with zero attached hydrogens (tertiary/aromatic N) is 1. The van der Waals surface area contributed by atoms with E-state index < -0.39 is 9.84 Å². The Morgan fingerprint density at radius 1 is 1.06 bits per heavy atom. The van der Waals surface area contributed by atoms with E-state index in [0.717, 1.165) is 56.0 Å². The lowest BCUT2D eigenvalue weighted by molar-refractivity contribution is 0.0891. The Morgan fingerprint density at radius 3 is 2.56 bits per heavy atom. The van der Waals surface area contributed by atoms with Crippen LogP contribution in [0.1, 0.15) is 67.3 Å². The van der Waals surface area contributed by atoms with Gasteiger partial charge in [0.15, 0.2) is 17.2 Å². The van der Waals surface area contributed by atoms with Crippen LogP contribution < -0.4 is 5.32 Å². The molecule has 0 spiro atoms. The zero-order valence-corrected chi connectivity index (χ0v) is 19.1. The van der Waals surface area contributed by atoms with Crippen LogP contribution in [0, 0.1) is 5.92 Å². The molecule has 2 heterocycles. The number of benzene rings is 1. The fourth-order valence-electron chi connectivity index (χ4n) is 4.50. The molecule has 1 N–H and O–H groups in total. The summed E-state index contributed by atoms with van der Waals surface area (Å²) in [5.41, 5.74) is 1.48. The van der Waals surface area contributed by atoms with Gasteiger partial charge in [0.2, 0.25) is 14.9 Å². The van der Waals surface area contributed by atoms with Gasteiger partial charge < -0.3 is 14.2 Å². The molecule has 2 aliphatic rings. The predicted octanol–water partition coefficient (Wildman–Crippen LogP) is 5.10. The maximum Gasteiger partial charge on any atom is 0.287 e. The van der Waals surface area contributed by atoms with Crippen LogP contribution in [0.5, 0.6) is 0 Å². The van der Waals surface area contributed by atoms with Gasteiger partial charge in [-0.25, -0.2) is 13.4 Å². The van der Waals surface area contributed by atoms with Gasteiger partial charge in [-0.3, -0.25) is 4.79 Å². The molecule has 32 heavy (non-hydrogen) atoms. The van der Waals surface area contributed by atoms with Crippen molar-refractivity contribution in [3.05, 3.63) is 47.0 Å². The van der Waals surface area contributed by atoms with Crippen LogP contribution in [0.15, 0.2) is 44.3 Å². The van der Waals surface area contributed by atoms with E-state index in [4.69, 9.17) is 20.4 Å². The van der Waals surface area contributed by atoms with Crippen molar-refractivity contribution < 1.29 is 22.0 Å². The number of carbonyl (C=O) groups is 1. The summed E-state index contributed by atoms with van der Waals surface area (Å²) < 4.78 is 36.2. The summed E-state index contributed by atoms with van der Waals surface area (Å²) >= 11 is 6.03. The van der Waals surface area contributed by atoms with Crippen LogP contribution in [-0.4, -0.2) is 31.1 Å². The molecular weight excluding hydrogens is 452 g/mol. The molecule has 0 unspecified atom stereocenters. The molecule has 1 aromatic carbocycles. The molecule has 2 aromatic heterocycles. The summed E-state index contributed by atoms with van der Waals surface area (Å²) in [5, 5.41) is 3.48. The molecule has 3 aromatic rings. The minimum absolute atomic E-state index is 0.00212. The van der Waals surface area contributed by atoms with Gasteiger partial charge in [-0.05, 0) is 74.8 Å². The van der Waals surface area contributed by atoms with Crippen LogP contribution in [-0.2, 0) is 9.84 Å². The van der Waals surface area contributed by atoms with E-state index >= 15 is 0 Å². The number of nitrogens with one attached hydrogen (secondary N) is 1. The standard InChI is InChI=1S/C23H25ClN2O5S/c24-16-6-9-19-18(12-16)26-23(31-19)15-4-7-17(8-5-15)25-22(27)20-10-11-21(30-20)32(28,29)13-14-2-1-3-14/h6,9-12,14-15,17H,1-5,7-8,13H2,(H,25,27). The third-order valence-corrected chi connectivity index (χ3v) is 8.55. The first kappa shape index (κ1) is 21.5. The summed E-state index contributed by atoms with van der Waals surface area (Å²) in [6.07, 6.45) is 6.19. The molecule has 0 bridgehead atoms. The second-order valence-electron chi connectivity index (χ2n) is 8.88. The average Bonchev–Trinajstić information content (AvgIpc) is 3.39. The summed E-state index contributed by atoms with van der Waals surface area (Å²) in [5.74, 6) is 0.856. The average molecular weight is 477 g/mol. The Balaban J connectivity index is 1.17. The first-order valence-electron chi connectivity index (χ1n) is 11.1. The topological polar surface area (TPSA) is 102 Å². The van der Waals surface area contributed by atoms with Crippen LogP contribution in [0.2, 0.25) is 5.02 Å². The molecule has 170 valence electrons. The fraction of sp³-hybridized carbons (Fsp3) is 0.478. The van der Waals surface area contributed by atoms with Gasteiger partial charge in [-0.15, -0.1) is 0 Å². The van der Waals surface area contributed by atoms with Crippen LogP contribution in [0.4, 0.5) is 0 Å². The van der Waals surface area contributed by atoms with Gasteiger partial charge in [-0.2, -0.15) is 0 Å². The lowest BCUT2D eigenvalue weighted by Gasteiger charge is -2.27. The summed E-state index contributed by atoms with van der Waals surface area (Å²) in [6.45, 7) is 0. The van der Waals surface area contributed by atoms with Gasteiger partial charge in [0, 0.05) is 17.0 Å². The molecule has 2 fully saturated rings. The van der Waals surface area contributed by atoms with E-state index in [0.29, 0.717) is 10.9 Å². The van der Waals surface area contributed by atoms with E-state index in [2.05, 4.69) is 10.3 Å². The maximum atomic E-state index is 12.6. The van der Waals surface area contributed by atoms with Crippen LogP contribution in [0.25, 0.3) is 11.1 Å².